The summed E-state index contributed by atoms with van der Waals surface area (Å²) in [5, 5.41) is 9.52. The van der Waals surface area contributed by atoms with Crippen molar-refractivity contribution in [3.8, 4) is 0 Å². The zero-order valence-corrected chi connectivity index (χ0v) is 11.1. The van der Waals surface area contributed by atoms with Gasteiger partial charge in [-0.15, -0.1) is 5.10 Å². The lowest BCUT2D eigenvalue weighted by molar-refractivity contribution is 0.101. The second-order valence-corrected chi connectivity index (χ2v) is 5.11. The van der Waals surface area contributed by atoms with E-state index in [1.807, 2.05) is 24.3 Å². The van der Waals surface area contributed by atoms with E-state index < -0.39 is 0 Å². The van der Waals surface area contributed by atoms with Crippen LogP contribution in [0.4, 0.5) is 5.69 Å². The van der Waals surface area contributed by atoms with Gasteiger partial charge in [-0.25, -0.2) is 4.98 Å². The molecule has 92 valence electrons. The molecule has 0 unspecified atom stereocenters. The Kier molecular flexibility index (Phi) is 2.87. The number of halogens is 1. The Labute approximate surface area is 112 Å². The van der Waals surface area contributed by atoms with Gasteiger partial charge in [-0.3, -0.25) is 9.89 Å². The number of aromatic nitrogens is 3. The van der Waals surface area contributed by atoms with Crippen molar-refractivity contribution in [3.63, 3.8) is 0 Å². The van der Waals surface area contributed by atoms with Gasteiger partial charge >= 0.3 is 0 Å². The van der Waals surface area contributed by atoms with E-state index in [1.54, 1.807) is 0 Å². The first-order valence-corrected chi connectivity index (χ1v) is 6.51. The van der Waals surface area contributed by atoms with E-state index >= 15 is 0 Å². The van der Waals surface area contributed by atoms with Crippen LogP contribution in [0.15, 0.2) is 28.7 Å². The lowest BCUT2D eigenvalue weighted by Gasteiger charge is -2.04. The van der Waals surface area contributed by atoms with Crippen molar-refractivity contribution in [2.75, 3.05) is 5.32 Å². The van der Waals surface area contributed by atoms with Gasteiger partial charge in [0.25, 0.3) is 5.91 Å². The van der Waals surface area contributed by atoms with Crippen molar-refractivity contribution in [1.29, 1.82) is 0 Å². The number of carbonyl (C=O) groups excluding carboxylic acids is 1. The Bertz CT molecular complexity index is 591. The van der Waals surface area contributed by atoms with Gasteiger partial charge in [0.05, 0.1) is 5.69 Å². The second-order valence-electron chi connectivity index (χ2n) is 4.25. The number of hydrogen-bond acceptors (Lipinski definition) is 3. The number of nitrogens with zero attached hydrogens (tertiary/aromatic N) is 2. The fourth-order valence-electron chi connectivity index (χ4n) is 1.66. The van der Waals surface area contributed by atoms with Crippen LogP contribution in [-0.4, -0.2) is 21.1 Å². The molecule has 1 aliphatic rings. The Hall–Kier alpha value is -1.69. The first-order chi connectivity index (χ1) is 8.74. The maximum atomic E-state index is 11.9. The Morgan fingerprint density at radius 2 is 2.17 bits per heavy atom. The van der Waals surface area contributed by atoms with Crippen molar-refractivity contribution in [2.24, 2.45) is 0 Å². The van der Waals surface area contributed by atoms with Crippen LogP contribution in [-0.2, 0) is 0 Å². The molecule has 0 radical (unpaired) electrons. The highest BCUT2D eigenvalue weighted by Crippen LogP contribution is 2.37. The minimum Gasteiger partial charge on any atom is -0.318 e. The van der Waals surface area contributed by atoms with Crippen LogP contribution in [0.2, 0.25) is 0 Å². The monoisotopic (exact) mass is 306 g/mol. The van der Waals surface area contributed by atoms with Crippen LogP contribution in [0.25, 0.3) is 0 Å². The van der Waals surface area contributed by atoms with E-state index in [4.69, 9.17) is 0 Å². The van der Waals surface area contributed by atoms with Gasteiger partial charge in [-0.2, -0.15) is 0 Å². The van der Waals surface area contributed by atoms with Crippen molar-refractivity contribution < 1.29 is 4.79 Å². The smallest absolute Gasteiger partial charge is 0.295 e. The van der Waals surface area contributed by atoms with Crippen LogP contribution in [0.1, 0.15) is 35.2 Å². The summed E-state index contributed by atoms with van der Waals surface area (Å²) < 4.78 is 0.830. The molecule has 3 rings (SSSR count). The van der Waals surface area contributed by atoms with Crippen molar-refractivity contribution in [1.82, 2.24) is 15.2 Å². The van der Waals surface area contributed by atoms with Gasteiger partial charge in [0.1, 0.15) is 5.82 Å². The lowest BCUT2D eigenvalue weighted by Crippen LogP contribution is -2.14. The number of anilines is 1. The predicted molar refractivity (Wildman–Crippen MR) is 70.5 cm³/mol. The summed E-state index contributed by atoms with van der Waals surface area (Å²) in [6.45, 7) is 0. The van der Waals surface area contributed by atoms with Gasteiger partial charge in [0.15, 0.2) is 0 Å². The maximum Gasteiger partial charge on any atom is 0.295 e. The number of rotatable bonds is 3. The zero-order valence-electron chi connectivity index (χ0n) is 9.48. The van der Waals surface area contributed by atoms with E-state index in [-0.39, 0.29) is 11.7 Å². The van der Waals surface area contributed by atoms with E-state index in [2.05, 4.69) is 36.4 Å². The number of aromatic amines is 1. The third kappa shape index (κ3) is 2.28. The highest BCUT2D eigenvalue weighted by Gasteiger charge is 2.28. The summed E-state index contributed by atoms with van der Waals surface area (Å²) in [6.07, 6.45) is 2.25. The molecule has 1 aromatic carbocycles. The molecular weight excluding hydrogens is 296 g/mol. The molecule has 1 aliphatic carbocycles. The third-order valence-corrected chi connectivity index (χ3v) is 3.48. The molecule has 1 fully saturated rings. The lowest BCUT2D eigenvalue weighted by atomic mass is 10.3. The molecule has 5 nitrogen and oxygen atoms in total. The molecule has 6 heteroatoms. The van der Waals surface area contributed by atoms with Gasteiger partial charge in [0.2, 0.25) is 5.82 Å². The Balaban J connectivity index is 1.76. The normalized spacial score (nSPS) is 14.5. The van der Waals surface area contributed by atoms with Crippen LogP contribution in [0, 0.1) is 0 Å². The first kappa shape index (κ1) is 11.4. The quantitative estimate of drug-likeness (QED) is 0.916. The topological polar surface area (TPSA) is 70.7 Å². The van der Waals surface area contributed by atoms with Crippen molar-refractivity contribution in [3.05, 3.63) is 40.4 Å². The average Bonchev–Trinajstić information content (AvgIpc) is 3.10. The molecule has 0 spiro atoms. The number of amides is 1. The molecule has 0 bridgehead atoms. The van der Waals surface area contributed by atoms with Crippen LogP contribution >= 0.6 is 15.9 Å². The number of H-pyrrole nitrogens is 1. The number of para-hydroxylation sites is 1. The summed E-state index contributed by atoms with van der Waals surface area (Å²) in [4.78, 5) is 16.1. The molecule has 0 atom stereocenters. The van der Waals surface area contributed by atoms with Crippen molar-refractivity contribution in [2.45, 2.75) is 18.8 Å². The number of hydrogen-bond donors (Lipinski definition) is 2. The minimum absolute atomic E-state index is 0.188. The molecule has 1 amide bonds. The van der Waals surface area contributed by atoms with Crippen LogP contribution in [0.3, 0.4) is 0 Å². The largest absolute Gasteiger partial charge is 0.318 e. The third-order valence-electron chi connectivity index (χ3n) is 2.79. The van der Waals surface area contributed by atoms with Gasteiger partial charge in [-0.1, -0.05) is 12.1 Å². The summed E-state index contributed by atoms with van der Waals surface area (Å²) in [5.41, 5.74) is 0.709. The molecule has 1 saturated carbocycles. The molecule has 0 aliphatic heterocycles. The molecule has 2 N–H and O–H groups in total. The highest BCUT2D eigenvalue weighted by atomic mass is 79.9. The van der Waals surface area contributed by atoms with Gasteiger partial charge in [-0.05, 0) is 40.9 Å². The number of benzene rings is 1. The molecular formula is C12H11BrN4O. The van der Waals surface area contributed by atoms with Crippen molar-refractivity contribution >= 4 is 27.5 Å². The summed E-state index contributed by atoms with van der Waals surface area (Å²) in [5.74, 6) is 1.16. The predicted octanol–water partition coefficient (Wildman–Crippen LogP) is 2.70. The maximum absolute atomic E-state index is 11.9. The molecule has 0 saturated heterocycles. The van der Waals surface area contributed by atoms with Gasteiger partial charge in [0, 0.05) is 10.4 Å². The van der Waals surface area contributed by atoms with E-state index in [1.165, 1.54) is 0 Å². The fraction of sp³-hybridized carbons (Fsp3) is 0.250. The minimum atomic E-state index is -0.301. The average molecular weight is 307 g/mol. The zero-order chi connectivity index (χ0) is 12.5. The molecule has 1 heterocycles. The van der Waals surface area contributed by atoms with E-state index in [0.29, 0.717) is 11.6 Å². The molecule has 2 aromatic rings. The van der Waals surface area contributed by atoms with Crippen LogP contribution in [0.5, 0.6) is 0 Å². The summed E-state index contributed by atoms with van der Waals surface area (Å²) in [6, 6.07) is 7.42. The second kappa shape index (κ2) is 4.53. The van der Waals surface area contributed by atoms with Crippen LogP contribution < -0.4 is 5.32 Å². The van der Waals surface area contributed by atoms with E-state index in [9.17, 15) is 4.79 Å². The first-order valence-electron chi connectivity index (χ1n) is 5.72. The Morgan fingerprint density at radius 3 is 2.89 bits per heavy atom. The highest BCUT2D eigenvalue weighted by molar-refractivity contribution is 9.10. The number of nitrogens with one attached hydrogen (secondary N) is 2. The van der Waals surface area contributed by atoms with E-state index in [0.717, 1.165) is 23.1 Å². The SMILES string of the molecule is O=C(Nc1ccccc1Br)c1n[nH]c(C2CC2)n1. The summed E-state index contributed by atoms with van der Waals surface area (Å²) in [7, 11) is 0. The molecule has 1 aromatic heterocycles. The fourth-order valence-corrected chi connectivity index (χ4v) is 2.04. The molecule has 18 heavy (non-hydrogen) atoms. The summed E-state index contributed by atoms with van der Waals surface area (Å²) >= 11 is 3.37. The number of carbonyl (C=O) groups is 1. The van der Waals surface area contributed by atoms with Gasteiger partial charge < -0.3 is 5.32 Å². The Morgan fingerprint density at radius 1 is 1.39 bits per heavy atom. The standard InChI is InChI=1S/C12H11BrN4O/c13-8-3-1-2-4-9(8)14-12(18)11-15-10(16-17-11)7-5-6-7/h1-4,7H,5-6H2,(H,14,18)(H,15,16,17).